The summed E-state index contributed by atoms with van der Waals surface area (Å²) in [7, 11) is 4.32. The van der Waals surface area contributed by atoms with E-state index in [0.717, 1.165) is 24.6 Å². The third kappa shape index (κ3) is 4.15. The maximum atomic E-state index is 4.69. The highest BCUT2D eigenvalue weighted by molar-refractivity contribution is 5.35. The predicted molar refractivity (Wildman–Crippen MR) is 82.9 cm³/mol. The molecule has 0 aromatic carbocycles. The van der Waals surface area contributed by atoms with Crippen LogP contribution in [0.25, 0.3) is 0 Å². The Hall–Kier alpha value is -1.20. The Kier molecular flexibility index (Phi) is 5.31. The number of hydrogen-bond donors (Lipinski definition) is 1. The average molecular weight is 277 g/mol. The first kappa shape index (κ1) is 15.2. The normalized spacial score (nSPS) is 19.8. The van der Waals surface area contributed by atoms with E-state index in [1.54, 1.807) is 0 Å². The number of likely N-dealkylation sites (N-methyl/N-ethyl adjacent to an activating group) is 2. The first-order chi connectivity index (χ1) is 9.56. The van der Waals surface area contributed by atoms with Gasteiger partial charge in [-0.15, -0.1) is 0 Å². The summed E-state index contributed by atoms with van der Waals surface area (Å²) < 4.78 is 0. The van der Waals surface area contributed by atoms with Gasteiger partial charge in [-0.2, -0.15) is 0 Å². The van der Waals surface area contributed by atoms with Gasteiger partial charge in [0.2, 0.25) is 0 Å². The van der Waals surface area contributed by atoms with Crippen molar-refractivity contribution in [3.63, 3.8) is 0 Å². The van der Waals surface area contributed by atoms with Gasteiger partial charge in [0.1, 0.15) is 5.82 Å². The van der Waals surface area contributed by atoms with Gasteiger partial charge >= 0.3 is 0 Å². The van der Waals surface area contributed by atoms with Gasteiger partial charge in [-0.1, -0.05) is 13.8 Å². The van der Waals surface area contributed by atoms with E-state index in [0.29, 0.717) is 12.1 Å². The highest BCUT2D eigenvalue weighted by Gasteiger charge is 2.22. The lowest BCUT2D eigenvalue weighted by Crippen LogP contribution is -2.37. The van der Waals surface area contributed by atoms with Crippen LogP contribution >= 0.6 is 0 Å². The smallest absolute Gasteiger partial charge is 0.147 e. The van der Waals surface area contributed by atoms with Crippen molar-refractivity contribution in [2.75, 3.05) is 32.1 Å². The molecule has 1 aromatic heterocycles. The van der Waals surface area contributed by atoms with E-state index in [1.165, 1.54) is 19.4 Å². The lowest BCUT2D eigenvalue weighted by molar-refractivity contribution is 0.314. The molecule has 0 saturated carbocycles. The molecule has 5 nitrogen and oxygen atoms in total. The number of likely N-dealkylation sites (tertiary alicyclic amines) is 1. The molecule has 1 atom stereocenters. The summed E-state index contributed by atoms with van der Waals surface area (Å²) in [5.41, 5.74) is 1.00. The molecule has 2 rings (SSSR count). The molecule has 2 heterocycles. The fraction of sp³-hybridized carbons (Fsp3) is 0.733. The minimum atomic E-state index is 0.463. The van der Waals surface area contributed by atoms with Crippen molar-refractivity contribution in [1.82, 2.24) is 20.2 Å². The summed E-state index contributed by atoms with van der Waals surface area (Å²) in [5.74, 6) is 0.966. The van der Waals surface area contributed by atoms with Crippen molar-refractivity contribution in [3.8, 4) is 0 Å². The number of rotatable bonds is 6. The quantitative estimate of drug-likeness (QED) is 0.854. The third-order valence-corrected chi connectivity index (χ3v) is 3.91. The second kappa shape index (κ2) is 6.99. The van der Waals surface area contributed by atoms with Gasteiger partial charge in [0.05, 0.1) is 11.9 Å². The van der Waals surface area contributed by atoms with Gasteiger partial charge in [0.15, 0.2) is 0 Å². The van der Waals surface area contributed by atoms with Crippen molar-refractivity contribution in [2.24, 2.45) is 0 Å². The van der Waals surface area contributed by atoms with Crippen molar-refractivity contribution >= 4 is 5.82 Å². The largest absolute Gasteiger partial charge is 0.357 e. The van der Waals surface area contributed by atoms with Crippen LogP contribution in [0.1, 0.15) is 32.4 Å². The molecule has 0 amide bonds. The summed E-state index contributed by atoms with van der Waals surface area (Å²) in [4.78, 5) is 13.7. The molecule has 1 aliphatic heterocycles. The third-order valence-electron chi connectivity index (χ3n) is 3.91. The Morgan fingerprint density at radius 3 is 2.90 bits per heavy atom. The molecule has 1 saturated heterocycles. The van der Waals surface area contributed by atoms with Crippen LogP contribution in [0.3, 0.4) is 0 Å². The molecule has 0 radical (unpaired) electrons. The van der Waals surface area contributed by atoms with Crippen LogP contribution in [0, 0.1) is 0 Å². The zero-order valence-corrected chi connectivity index (χ0v) is 13.1. The zero-order chi connectivity index (χ0) is 14.5. The second-order valence-corrected chi connectivity index (χ2v) is 6.06. The number of anilines is 1. The van der Waals surface area contributed by atoms with Gasteiger partial charge < -0.3 is 15.1 Å². The van der Waals surface area contributed by atoms with Crippen LogP contribution in [0.5, 0.6) is 0 Å². The van der Waals surface area contributed by atoms with E-state index in [2.05, 4.69) is 48.0 Å². The monoisotopic (exact) mass is 277 g/mol. The van der Waals surface area contributed by atoms with Crippen molar-refractivity contribution in [3.05, 3.63) is 18.1 Å². The first-order valence-corrected chi connectivity index (χ1v) is 7.52. The summed E-state index contributed by atoms with van der Waals surface area (Å²) in [6, 6.07) is 1.10. The zero-order valence-electron chi connectivity index (χ0n) is 13.1. The molecule has 20 heavy (non-hydrogen) atoms. The molecule has 1 fully saturated rings. The fourth-order valence-electron chi connectivity index (χ4n) is 2.59. The van der Waals surface area contributed by atoms with E-state index in [4.69, 9.17) is 4.98 Å². The maximum Gasteiger partial charge on any atom is 0.147 e. The van der Waals surface area contributed by atoms with Gasteiger partial charge in [-0.05, 0) is 26.4 Å². The summed E-state index contributed by atoms with van der Waals surface area (Å²) in [6.45, 7) is 7.28. The Morgan fingerprint density at radius 2 is 2.25 bits per heavy atom. The lowest BCUT2D eigenvalue weighted by atomic mass is 10.2. The highest BCUT2D eigenvalue weighted by Crippen LogP contribution is 2.17. The van der Waals surface area contributed by atoms with Crippen LogP contribution in [-0.4, -0.2) is 54.1 Å². The van der Waals surface area contributed by atoms with E-state index >= 15 is 0 Å². The Labute approximate surface area is 122 Å². The number of aromatic nitrogens is 2. The fourth-order valence-corrected chi connectivity index (χ4v) is 2.59. The molecule has 1 N–H and O–H groups in total. The minimum Gasteiger partial charge on any atom is -0.357 e. The average Bonchev–Trinajstić information content (AvgIpc) is 2.82. The molecular weight excluding hydrogens is 250 g/mol. The molecular formula is C15H27N5. The Balaban J connectivity index is 1.95. The van der Waals surface area contributed by atoms with E-state index in [9.17, 15) is 0 Å². The van der Waals surface area contributed by atoms with Crippen molar-refractivity contribution < 1.29 is 0 Å². The van der Waals surface area contributed by atoms with Crippen LogP contribution in [-0.2, 0) is 6.54 Å². The number of nitrogens with one attached hydrogen (secondary N) is 1. The standard InChI is InChI=1S/C15H27N5/c1-12(2)17-9-13-8-16-10-15(18-13)20(4)11-14-6-5-7-19(14)3/h8,10,12,14,17H,5-7,9,11H2,1-4H3. The molecule has 112 valence electrons. The van der Waals surface area contributed by atoms with Crippen molar-refractivity contribution in [1.29, 1.82) is 0 Å². The van der Waals surface area contributed by atoms with Gasteiger partial charge in [0.25, 0.3) is 0 Å². The topological polar surface area (TPSA) is 44.3 Å². The maximum absolute atomic E-state index is 4.69. The summed E-state index contributed by atoms with van der Waals surface area (Å²) >= 11 is 0. The minimum absolute atomic E-state index is 0.463. The molecule has 1 aromatic rings. The molecule has 1 unspecified atom stereocenters. The molecule has 0 aliphatic carbocycles. The SMILES string of the molecule is CC(C)NCc1cncc(N(C)CC2CCCN2C)n1. The van der Waals surface area contributed by atoms with Crippen LogP contribution in [0.4, 0.5) is 5.82 Å². The van der Waals surface area contributed by atoms with Gasteiger partial charge in [-0.3, -0.25) is 4.98 Å². The molecule has 1 aliphatic rings. The Morgan fingerprint density at radius 1 is 1.45 bits per heavy atom. The number of hydrogen-bond acceptors (Lipinski definition) is 5. The first-order valence-electron chi connectivity index (χ1n) is 7.52. The van der Waals surface area contributed by atoms with E-state index in [-0.39, 0.29) is 0 Å². The summed E-state index contributed by atoms with van der Waals surface area (Å²) in [5, 5.41) is 3.38. The van der Waals surface area contributed by atoms with Crippen LogP contribution in [0.15, 0.2) is 12.4 Å². The van der Waals surface area contributed by atoms with Gasteiger partial charge in [-0.25, -0.2) is 4.98 Å². The second-order valence-electron chi connectivity index (χ2n) is 6.06. The predicted octanol–water partition coefficient (Wildman–Crippen LogP) is 1.50. The van der Waals surface area contributed by atoms with E-state index < -0.39 is 0 Å². The van der Waals surface area contributed by atoms with E-state index in [1.807, 2.05) is 12.4 Å². The number of nitrogens with zero attached hydrogens (tertiary/aromatic N) is 4. The molecule has 0 spiro atoms. The van der Waals surface area contributed by atoms with Gasteiger partial charge in [0, 0.05) is 38.4 Å². The highest BCUT2D eigenvalue weighted by atomic mass is 15.2. The van der Waals surface area contributed by atoms with Crippen molar-refractivity contribution in [2.45, 2.75) is 45.3 Å². The molecule has 5 heteroatoms. The van der Waals surface area contributed by atoms with Crippen LogP contribution < -0.4 is 10.2 Å². The Bertz CT molecular complexity index is 420. The summed E-state index contributed by atoms with van der Waals surface area (Å²) in [6.07, 6.45) is 6.28. The molecule has 0 bridgehead atoms. The van der Waals surface area contributed by atoms with Crippen LogP contribution in [0.2, 0.25) is 0 Å². The lowest BCUT2D eigenvalue weighted by Gasteiger charge is -2.26.